The summed E-state index contributed by atoms with van der Waals surface area (Å²) in [5.74, 6) is 0. The highest BCUT2D eigenvalue weighted by Crippen LogP contribution is 2.19. The maximum Gasteiger partial charge on any atom is 0.0853 e. The normalized spacial score (nSPS) is 10.7. The second-order valence-corrected chi connectivity index (χ2v) is 4.86. The Hall–Kier alpha value is -1.48. The van der Waals surface area contributed by atoms with Crippen molar-refractivity contribution in [3.05, 3.63) is 46.2 Å². The lowest BCUT2D eigenvalue weighted by molar-refractivity contribution is 0.746. The second kappa shape index (κ2) is 5.44. The molecule has 2 rings (SSSR count). The van der Waals surface area contributed by atoms with Crippen molar-refractivity contribution in [1.29, 1.82) is 0 Å². The number of hydrogen-bond acceptors (Lipinski definition) is 2. The predicted octanol–water partition coefficient (Wildman–Crippen LogP) is 3.56. The SMILES string of the molecule is CCc1nn(C)cc1NCc1ccc(C)c(Cl)c1. The average molecular weight is 264 g/mol. The summed E-state index contributed by atoms with van der Waals surface area (Å²) in [7, 11) is 1.94. The maximum absolute atomic E-state index is 6.11. The van der Waals surface area contributed by atoms with E-state index in [2.05, 4.69) is 23.4 Å². The smallest absolute Gasteiger partial charge is 0.0853 e. The van der Waals surface area contributed by atoms with Crippen LogP contribution in [0.25, 0.3) is 0 Å². The standard InChI is InChI=1S/C14H18ClN3/c1-4-13-14(9-18(3)17-13)16-8-11-6-5-10(2)12(15)7-11/h5-7,9,16H,4,8H2,1-3H3. The molecule has 0 spiro atoms. The molecular formula is C14H18ClN3. The molecule has 1 N–H and O–H groups in total. The first kappa shape index (κ1) is 13.0. The van der Waals surface area contributed by atoms with E-state index < -0.39 is 0 Å². The summed E-state index contributed by atoms with van der Waals surface area (Å²) in [6.45, 7) is 4.88. The first-order valence-electron chi connectivity index (χ1n) is 6.11. The molecule has 0 bridgehead atoms. The van der Waals surface area contributed by atoms with Gasteiger partial charge in [0.25, 0.3) is 0 Å². The molecule has 3 nitrogen and oxygen atoms in total. The fraction of sp³-hybridized carbons (Fsp3) is 0.357. The average Bonchev–Trinajstić information content (AvgIpc) is 2.71. The van der Waals surface area contributed by atoms with Gasteiger partial charge in [-0.1, -0.05) is 30.7 Å². The van der Waals surface area contributed by atoms with Crippen LogP contribution in [0.4, 0.5) is 5.69 Å². The van der Waals surface area contributed by atoms with Crippen LogP contribution in [0.2, 0.25) is 5.02 Å². The summed E-state index contributed by atoms with van der Waals surface area (Å²) in [6.07, 6.45) is 2.94. The highest BCUT2D eigenvalue weighted by molar-refractivity contribution is 6.31. The van der Waals surface area contributed by atoms with E-state index in [-0.39, 0.29) is 0 Å². The summed E-state index contributed by atoms with van der Waals surface area (Å²) in [5, 5.41) is 8.62. The molecule has 0 unspecified atom stereocenters. The fourth-order valence-corrected chi connectivity index (χ4v) is 2.09. The van der Waals surface area contributed by atoms with Gasteiger partial charge >= 0.3 is 0 Å². The zero-order valence-corrected chi connectivity index (χ0v) is 11.8. The lowest BCUT2D eigenvalue weighted by Crippen LogP contribution is -2.00. The Balaban J connectivity index is 2.08. The molecule has 0 atom stereocenters. The Morgan fingerprint density at radius 3 is 2.83 bits per heavy atom. The minimum Gasteiger partial charge on any atom is -0.378 e. The maximum atomic E-state index is 6.11. The quantitative estimate of drug-likeness (QED) is 0.914. The minimum absolute atomic E-state index is 0.763. The van der Waals surface area contributed by atoms with Gasteiger partial charge in [-0.05, 0) is 30.5 Å². The largest absolute Gasteiger partial charge is 0.378 e. The molecule has 0 saturated carbocycles. The summed E-state index contributed by atoms with van der Waals surface area (Å²) >= 11 is 6.11. The van der Waals surface area contributed by atoms with Crippen molar-refractivity contribution in [2.45, 2.75) is 26.8 Å². The third-order valence-corrected chi connectivity index (χ3v) is 3.37. The van der Waals surface area contributed by atoms with Gasteiger partial charge in [0.2, 0.25) is 0 Å². The molecule has 1 heterocycles. The molecule has 18 heavy (non-hydrogen) atoms. The molecule has 0 saturated heterocycles. The molecule has 0 aliphatic heterocycles. The molecule has 0 aliphatic rings. The zero-order valence-electron chi connectivity index (χ0n) is 11.0. The van der Waals surface area contributed by atoms with E-state index in [1.54, 1.807) is 0 Å². The van der Waals surface area contributed by atoms with Gasteiger partial charge in [0, 0.05) is 24.8 Å². The highest BCUT2D eigenvalue weighted by atomic mass is 35.5. The van der Waals surface area contributed by atoms with Crippen molar-refractivity contribution in [3.8, 4) is 0 Å². The number of benzene rings is 1. The molecule has 1 aromatic heterocycles. The Kier molecular flexibility index (Phi) is 3.92. The van der Waals surface area contributed by atoms with Crippen molar-refractivity contribution in [1.82, 2.24) is 9.78 Å². The van der Waals surface area contributed by atoms with E-state index in [4.69, 9.17) is 11.6 Å². The van der Waals surface area contributed by atoms with Gasteiger partial charge in [0.05, 0.1) is 11.4 Å². The zero-order chi connectivity index (χ0) is 13.1. The van der Waals surface area contributed by atoms with Gasteiger partial charge in [-0.2, -0.15) is 5.10 Å². The van der Waals surface area contributed by atoms with Gasteiger partial charge in [0.15, 0.2) is 0 Å². The second-order valence-electron chi connectivity index (χ2n) is 4.45. The third-order valence-electron chi connectivity index (χ3n) is 2.96. The molecule has 0 radical (unpaired) electrons. The van der Waals surface area contributed by atoms with E-state index in [0.717, 1.165) is 34.9 Å². The van der Waals surface area contributed by atoms with Gasteiger partial charge in [-0.25, -0.2) is 0 Å². The lowest BCUT2D eigenvalue weighted by Gasteiger charge is -2.07. The van der Waals surface area contributed by atoms with Crippen LogP contribution in [0.5, 0.6) is 0 Å². The first-order valence-corrected chi connectivity index (χ1v) is 6.49. The van der Waals surface area contributed by atoms with Crippen LogP contribution in [-0.4, -0.2) is 9.78 Å². The predicted molar refractivity (Wildman–Crippen MR) is 76.1 cm³/mol. The summed E-state index contributed by atoms with van der Waals surface area (Å²) < 4.78 is 1.84. The number of aromatic nitrogens is 2. The molecule has 2 aromatic rings. The Morgan fingerprint density at radius 2 is 2.17 bits per heavy atom. The number of hydrogen-bond donors (Lipinski definition) is 1. The molecule has 0 amide bonds. The Labute approximate surface area is 113 Å². The number of aryl methyl sites for hydroxylation is 3. The number of nitrogens with one attached hydrogen (secondary N) is 1. The number of rotatable bonds is 4. The topological polar surface area (TPSA) is 29.9 Å². The molecule has 96 valence electrons. The van der Waals surface area contributed by atoms with Crippen molar-refractivity contribution in [2.24, 2.45) is 7.05 Å². The van der Waals surface area contributed by atoms with Gasteiger partial charge in [-0.15, -0.1) is 0 Å². The van der Waals surface area contributed by atoms with E-state index >= 15 is 0 Å². The van der Waals surface area contributed by atoms with Gasteiger partial charge in [-0.3, -0.25) is 4.68 Å². The fourth-order valence-electron chi connectivity index (χ4n) is 1.89. The van der Waals surface area contributed by atoms with Crippen molar-refractivity contribution < 1.29 is 0 Å². The van der Waals surface area contributed by atoms with Gasteiger partial charge < -0.3 is 5.32 Å². The molecule has 4 heteroatoms. The minimum atomic E-state index is 0.763. The van der Waals surface area contributed by atoms with E-state index in [1.165, 1.54) is 5.56 Å². The Morgan fingerprint density at radius 1 is 1.39 bits per heavy atom. The van der Waals surface area contributed by atoms with Crippen LogP contribution in [-0.2, 0) is 20.0 Å². The Bertz CT molecular complexity index is 546. The molecule has 1 aromatic carbocycles. The van der Waals surface area contributed by atoms with E-state index in [0.29, 0.717) is 0 Å². The van der Waals surface area contributed by atoms with Crippen molar-refractivity contribution >= 4 is 17.3 Å². The first-order chi connectivity index (χ1) is 8.60. The van der Waals surface area contributed by atoms with Crippen LogP contribution < -0.4 is 5.32 Å². The lowest BCUT2D eigenvalue weighted by atomic mass is 10.1. The molecule has 0 fully saturated rings. The van der Waals surface area contributed by atoms with Crippen LogP contribution in [0.1, 0.15) is 23.7 Å². The van der Waals surface area contributed by atoms with E-state index in [1.807, 2.05) is 37.0 Å². The summed E-state index contributed by atoms with van der Waals surface area (Å²) in [6, 6.07) is 6.14. The van der Waals surface area contributed by atoms with Gasteiger partial charge in [0.1, 0.15) is 0 Å². The molecular weight excluding hydrogens is 246 g/mol. The van der Waals surface area contributed by atoms with Crippen LogP contribution in [0.15, 0.2) is 24.4 Å². The van der Waals surface area contributed by atoms with Crippen molar-refractivity contribution in [3.63, 3.8) is 0 Å². The molecule has 0 aliphatic carbocycles. The third kappa shape index (κ3) is 2.85. The highest BCUT2D eigenvalue weighted by Gasteiger charge is 2.05. The summed E-state index contributed by atoms with van der Waals surface area (Å²) in [5.41, 5.74) is 4.47. The number of nitrogens with zero attached hydrogens (tertiary/aromatic N) is 2. The van der Waals surface area contributed by atoms with Crippen LogP contribution >= 0.6 is 11.6 Å². The van der Waals surface area contributed by atoms with Crippen LogP contribution in [0.3, 0.4) is 0 Å². The number of halogens is 1. The van der Waals surface area contributed by atoms with Crippen LogP contribution in [0, 0.1) is 6.92 Å². The number of anilines is 1. The van der Waals surface area contributed by atoms with Crippen molar-refractivity contribution in [2.75, 3.05) is 5.32 Å². The van der Waals surface area contributed by atoms with E-state index in [9.17, 15) is 0 Å². The summed E-state index contributed by atoms with van der Waals surface area (Å²) in [4.78, 5) is 0. The monoisotopic (exact) mass is 263 g/mol.